The summed E-state index contributed by atoms with van der Waals surface area (Å²) in [4.78, 5) is 28.4. The Bertz CT molecular complexity index is 718. The molecule has 5 nitrogen and oxygen atoms in total. The molecule has 0 saturated heterocycles. The third-order valence-electron chi connectivity index (χ3n) is 3.80. The van der Waals surface area contributed by atoms with Gasteiger partial charge in [-0.25, -0.2) is 0 Å². The van der Waals surface area contributed by atoms with E-state index >= 15 is 0 Å². The van der Waals surface area contributed by atoms with Gasteiger partial charge in [-0.3, -0.25) is 9.59 Å². The fraction of sp³-hybridized carbons (Fsp3) is 0.250. The maximum Gasteiger partial charge on any atom is 0.274 e. The van der Waals surface area contributed by atoms with Gasteiger partial charge in [-0.2, -0.15) is 0 Å². The van der Waals surface area contributed by atoms with Crippen LogP contribution in [-0.4, -0.2) is 23.3 Å². The molecule has 2 heterocycles. The van der Waals surface area contributed by atoms with Crippen LogP contribution < -0.4 is 10.6 Å². The van der Waals surface area contributed by atoms with Gasteiger partial charge in [0.2, 0.25) is 5.91 Å². The molecule has 1 aliphatic heterocycles. The van der Waals surface area contributed by atoms with Crippen LogP contribution in [0.4, 0.5) is 5.69 Å². The third kappa shape index (κ3) is 2.42. The maximum absolute atomic E-state index is 12.7. The number of benzene rings is 1. The molecule has 0 unspecified atom stereocenters. The summed E-state index contributed by atoms with van der Waals surface area (Å²) in [6.07, 6.45) is 3.39. The van der Waals surface area contributed by atoms with E-state index < -0.39 is 5.91 Å². The lowest BCUT2D eigenvalue weighted by molar-refractivity contribution is 0.0980. The molecule has 1 aliphatic rings. The quantitative estimate of drug-likeness (QED) is 0.884. The van der Waals surface area contributed by atoms with Gasteiger partial charge < -0.3 is 15.6 Å². The number of anilines is 1. The Morgan fingerprint density at radius 1 is 1.29 bits per heavy atom. The van der Waals surface area contributed by atoms with Gasteiger partial charge in [-0.15, -0.1) is 0 Å². The minimum atomic E-state index is -0.541. The summed E-state index contributed by atoms with van der Waals surface area (Å²) >= 11 is 0. The van der Waals surface area contributed by atoms with Crippen molar-refractivity contribution < 1.29 is 9.59 Å². The van der Waals surface area contributed by atoms with Crippen molar-refractivity contribution in [3.8, 4) is 0 Å². The summed E-state index contributed by atoms with van der Waals surface area (Å²) in [6, 6.07) is 7.68. The van der Waals surface area contributed by atoms with Crippen molar-refractivity contribution in [1.82, 2.24) is 4.98 Å². The number of amides is 2. The molecule has 1 aromatic heterocycles. The van der Waals surface area contributed by atoms with Crippen LogP contribution in [0.5, 0.6) is 0 Å². The number of aryl methyl sites for hydroxylation is 2. The monoisotopic (exact) mass is 283 g/mol. The van der Waals surface area contributed by atoms with E-state index in [9.17, 15) is 9.59 Å². The highest BCUT2D eigenvalue weighted by atomic mass is 16.2. The zero-order valence-corrected chi connectivity index (χ0v) is 11.8. The van der Waals surface area contributed by atoms with Crippen molar-refractivity contribution in [1.29, 1.82) is 0 Å². The molecule has 108 valence electrons. The number of rotatable bonds is 2. The van der Waals surface area contributed by atoms with E-state index in [0.717, 1.165) is 24.1 Å². The first kappa shape index (κ1) is 13.4. The minimum Gasteiger partial charge on any atom is -0.366 e. The number of nitrogens with two attached hydrogens (primary N) is 1. The maximum atomic E-state index is 12.7. The molecule has 1 aromatic carbocycles. The summed E-state index contributed by atoms with van der Waals surface area (Å²) in [5.74, 6) is -0.672. The fourth-order valence-electron chi connectivity index (χ4n) is 2.70. The Labute approximate surface area is 122 Å². The molecular weight excluding hydrogens is 266 g/mol. The molecule has 0 saturated carbocycles. The minimum absolute atomic E-state index is 0.131. The molecule has 2 amide bonds. The van der Waals surface area contributed by atoms with Crippen molar-refractivity contribution in [2.45, 2.75) is 19.8 Å². The average molecular weight is 283 g/mol. The average Bonchev–Trinajstić information content (AvgIpc) is 2.96. The number of hydrogen-bond acceptors (Lipinski definition) is 2. The number of H-pyrrole nitrogens is 1. The van der Waals surface area contributed by atoms with Crippen LogP contribution in [0.2, 0.25) is 0 Å². The molecule has 0 fully saturated rings. The van der Waals surface area contributed by atoms with Crippen molar-refractivity contribution in [2.24, 2.45) is 5.73 Å². The number of fused-ring (bicyclic) bond motifs is 1. The first-order chi connectivity index (χ1) is 10.1. The van der Waals surface area contributed by atoms with E-state index in [1.54, 1.807) is 4.90 Å². The molecule has 3 rings (SSSR count). The molecule has 0 bridgehead atoms. The van der Waals surface area contributed by atoms with Crippen LogP contribution in [0.3, 0.4) is 0 Å². The predicted octanol–water partition coefficient (Wildman–Crippen LogP) is 2.02. The molecule has 0 aliphatic carbocycles. The number of carbonyl (C=O) groups is 2. The normalized spacial score (nSPS) is 13.9. The van der Waals surface area contributed by atoms with Crippen LogP contribution in [0, 0.1) is 6.92 Å². The Hall–Kier alpha value is -2.56. The topological polar surface area (TPSA) is 79.2 Å². The fourth-order valence-corrected chi connectivity index (χ4v) is 2.70. The Morgan fingerprint density at radius 3 is 2.81 bits per heavy atom. The second-order valence-electron chi connectivity index (χ2n) is 5.36. The lowest BCUT2D eigenvalue weighted by atomic mass is 9.99. The van der Waals surface area contributed by atoms with Crippen molar-refractivity contribution in [2.75, 3.05) is 11.4 Å². The smallest absolute Gasteiger partial charge is 0.274 e. The highest BCUT2D eigenvalue weighted by Crippen LogP contribution is 2.29. The molecule has 2 aromatic rings. The number of nitrogens with zero attached hydrogens (tertiary/aromatic N) is 1. The number of carbonyl (C=O) groups excluding carboxylic acids is 2. The van der Waals surface area contributed by atoms with Gasteiger partial charge in [0.15, 0.2) is 0 Å². The number of hydrogen-bond donors (Lipinski definition) is 2. The highest BCUT2D eigenvalue weighted by molar-refractivity contribution is 6.07. The van der Waals surface area contributed by atoms with Gasteiger partial charge in [-0.1, -0.05) is 12.1 Å². The molecule has 0 atom stereocenters. The number of aromatic amines is 1. The van der Waals surface area contributed by atoms with Crippen LogP contribution >= 0.6 is 0 Å². The van der Waals surface area contributed by atoms with Crippen LogP contribution in [0.25, 0.3) is 0 Å². The second-order valence-corrected chi connectivity index (χ2v) is 5.36. The molecule has 3 N–H and O–H groups in total. The van der Waals surface area contributed by atoms with Gasteiger partial charge >= 0.3 is 0 Å². The van der Waals surface area contributed by atoms with E-state index in [0.29, 0.717) is 17.8 Å². The van der Waals surface area contributed by atoms with Crippen molar-refractivity contribution >= 4 is 17.5 Å². The van der Waals surface area contributed by atoms with Crippen molar-refractivity contribution in [3.05, 3.63) is 52.8 Å². The van der Waals surface area contributed by atoms with Gasteiger partial charge in [0.05, 0.1) is 5.56 Å². The first-order valence-electron chi connectivity index (χ1n) is 6.96. The van der Waals surface area contributed by atoms with Crippen LogP contribution in [0.1, 0.15) is 38.4 Å². The molecule has 0 spiro atoms. The van der Waals surface area contributed by atoms with E-state index in [1.807, 2.05) is 13.0 Å². The largest absolute Gasteiger partial charge is 0.366 e. The van der Waals surface area contributed by atoms with Gasteiger partial charge in [-0.05, 0) is 43.0 Å². The van der Waals surface area contributed by atoms with E-state index in [-0.39, 0.29) is 5.91 Å². The number of aromatic nitrogens is 1. The standard InChI is InChI=1S/C16H17N3O2/c1-10-4-5-11-3-2-6-19(14(11)7-10)16(21)13-8-12(9-18-13)15(17)20/h4-5,7-9,18H,2-3,6H2,1H3,(H2,17,20). The summed E-state index contributed by atoms with van der Waals surface area (Å²) < 4.78 is 0. The predicted molar refractivity (Wildman–Crippen MR) is 80.5 cm³/mol. The Kier molecular flexibility index (Phi) is 3.25. The lowest BCUT2D eigenvalue weighted by Gasteiger charge is -2.29. The van der Waals surface area contributed by atoms with Crippen LogP contribution in [0.15, 0.2) is 30.5 Å². The Balaban J connectivity index is 1.95. The molecule has 21 heavy (non-hydrogen) atoms. The zero-order valence-electron chi connectivity index (χ0n) is 11.8. The van der Waals surface area contributed by atoms with E-state index in [2.05, 4.69) is 17.1 Å². The molecule has 5 heteroatoms. The second kappa shape index (κ2) is 5.09. The third-order valence-corrected chi connectivity index (χ3v) is 3.80. The first-order valence-corrected chi connectivity index (χ1v) is 6.96. The summed E-state index contributed by atoms with van der Waals surface area (Å²) in [5.41, 5.74) is 9.19. The number of nitrogens with one attached hydrogen (secondary N) is 1. The van der Waals surface area contributed by atoms with Gasteiger partial charge in [0, 0.05) is 18.4 Å². The molecule has 0 radical (unpaired) electrons. The number of primary amides is 1. The highest BCUT2D eigenvalue weighted by Gasteiger charge is 2.24. The SMILES string of the molecule is Cc1ccc2c(c1)N(C(=O)c1cc(C(N)=O)c[nH]1)CCC2. The Morgan fingerprint density at radius 2 is 2.10 bits per heavy atom. The zero-order chi connectivity index (χ0) is 15.0. The lowest BCUT2D eigenvalue weighted by Crippen LogP contribution is -2.35. The summed E-state index contributed by atoms with van der Waals surface area (Å²) in [5, 5.41) is 0. The van der Waals surface area contributed by atoms with Gasteiger partial charge in [0.25, 0.3) is 5.91 Å². The molecular formula is C16H17N3O2. The van der Waals surface area contributed by atoms with Crippen LogP contribution in [-0.2, 0) is 6.42 Å². The van der Waals surface area contributed by atoms with E-state index in [4.69, 9.17) is 5.73 Å². The van der Waals surface area contributed by atoms with E-state index in [1.165, 1.54) is 17.8 Å². The van der Waals surface area contributed by atoms with Crippen molar-refractivity contribution in [3.63, 3.8) is 0 Å². The van der Waals surface area contributed by atoms with Gasteiger partial charge in [0.1, 0.15) is 5.69 Å². The summed E-state index contributed by atoms with van der Waals surface area (Å²) in [7, 11) is 0. The summed E-state index contributed by atoms with van der Waals surface area (Å²) in [6.45, 7) is 2.69.